The van der Waals surface area contributed by atoms with Gasteiger partial charge in [-0.15, -0.1) is 0 Å². The summed E-state index contributed by atoms with van der Waals surface area (Å²) in [6.45, 7) is 1.75. The predicted octanol–water partition coefficient (Wildman–Crippen LogP) is 1.80. The molecular formula is C15H16N4O. The SMILES string of the molecule is Cc1nc([C@H](N)Cc2c[nH]c3ccccc23)cc(=O)[nH]1. The first-order chi connectivity index (χ1) is 9.63. The topological polar surface area (TPSA) is 87.6 Å². The molecule has 0 aliphatic rings. The number of fused-ring (bicyclic) bond motifs is 1. The molecule has 0 aliphatic heterocycles. The van der Waals surface area contributed by atoms with Crippen molar-refractivity contribution >= 4 is 10.9 Å². The number of para-hydroxylation sites is 1. The Morgan fingerprint density at radius 2 is 2.15 bits per heavy atom. The molecule has 0 amide bonds. The molecule has 0 bridgehead atoms. The number of aromatic amines is 2. The Hall–Kier alpha value is -2.40. The minimum absolute atomic E-state index is 0.165. The molecule has 5 nitrogen and oxygen atoms in total. The largest absolute Gasteiger partial charge is 0.361 e. The molecular weight excluding hydrogens is 252 g/mol. The first-order valence-corrected chi connectivity index (χ1v) is 6.52. The van der Waals surface area contributed by atoms with Crippen LogP contribution in [-0.4, -0.2) is 15.0 Å². The lowest BCUT2D eigenvalue weighted by atomic mass is 10.0. The van der Waals surface area contributed by atoms with Gasteiger partial charge in [-0.25, -0.2) is 4.98 Å². The maximum Gasteiger partial charge on any atom is 0.251 e. The van der Waals surface area contributed by atoms with Crippen LogP contribution in [0.2, 0.25) is 0 Å². The zero-order valence-electron chi connectivity index (χ0n) is 11.2. The van der Waals surface area contributed by atoms with E-state index in [0.717, 1.165) is 16.5 Å². The van der Waals surface area contributed by atoms with E-state index in [4.69, 9.17) is 5.73 Å². The first-order valence-electron chi connectivity index (χ1n) is 6.52. The van der Waals surface area contributed by atoms with Crippen molar-refractivity contribution in [2.45, 2.75) is 19.4 Å². The highest BCUT2D eigenvalue weighted by molar-refractivity contribution is 5.83. The predicted molar refractivity (Wildman–Crippen MR) is 78.5 cm³/mol. The Labute approximate surface area is 115 Å². The van der Waals surface area contributed by atoms with Crippen molar-refractivity contribution in [2.75, 3.05) is 0 Å². The summed E-state index contributed by atoms with van der Waals surface area (Å²) in [6.07, 6.45) is 2.60. The number of hydrogen-bond acceptors (Lipinski definition) is 3. The second-order valence-corrected chi connectivity index (χ2v) is 4.93. The number of aryl methyl sites for hydroxylation is 1. The summed E-state index contributed by atoms with van der Waals surface area (Å²) in [5.41, 5.74) is 8.86. The fourth-order valence-corrected chi connectivity index (χ4v) is 2.43. The Morgan fingerprint density at radius 3 is 2.95 bits per heavy atom. The van der Waals surface area contributed by atoms with Crippen LogP contribution < -0.4 is 11.3 Å². The Kier molecular flexibility index (Phi) is 3.12. The molecule has 0 saturated heterocycles. The summed E-state index contributed by atoms with van der Waals surface area (Å²) in [5, 5.41) is 1.16. The van der Waals surface area contributed by atoms with Crippen LogP contribution >= 0.6 is 0 Å². The van der Waals surface area contributed by atoms with Gasteiger partial charge in [-0.2, -0.15) is 0 Å². The van der Waals surface area contributed by atoms with Gasteiger partial charge < -0.3 is 15.7 Å². The molecule has 20 heavy (non-hydrogen) atoms. The van der Waals surface area contributed by atoms with E-state index in [9.17, 15) is 4.79 Å². The number of nitrogens with two attached hydrogens (primary N) is 1. The highest BCUT2D eigenvalue weighted by Gasteiger charge is 2.12. The van der Waals surface area contributed by atoms with Gasteiger partial charge >= 0.3 is 0 Å². The van der Waals surface area contributed by atoms with Crippen LogP contribution in [0, 0.1) is 6.92 Å². The number of nitrogens with zero attached hydrogens (tertiary/aromatic N) is 1. The summed E-state index contributed by atoms with van der Waals surface area (Å²) in [5.74, 6) is 0.585. The van der Waals surface area contributed by atoms with E-state index in [1.807, 2.05) is 24.4 Å². The summed E-state index contributed by atoms with van der Waals surface area (Å²) in [4.78, 5) is 21.6. The van der Waals surface area contributed by atoms with Gasteiger partial charge in [-0.05, 0) is 25.0 Å². The minimum atomic E-state index is -0.296. The quantitative estimate of drug-likeness (QED) is 0.677. The van der Waals surface area contributed by atoms with E-state index in [0.29, 0.717) is 17.9 Å². The molecule has 2 aromatic heterocycles. The Balaban J connectivity index is 1.92. The second kappa shape index (κ2) is 4.94. The average molecular weight is 268 g/mol. The number of hydrogen-bond donors (Lipinski definition) is 3. The number of aromatic nitrogens is 3. The standard InChI is InChI=1S/C15H16N4O/c1-9-18-14(7-15(20)19-9)12(16)6-10-8-17-13-5-3-2-4-11(10)13/h2-5,7-8,12,17H,6,16H2,1H3,(H,18,19,20)/t12-/m1/s1. The molecule has 0 aliphatic carbocycles. The van der Waals surface area contributed by atoms with Gasteiger partial charge in [0.1, 0.15) is 5.82 Å². The van der Waals surface area contributed by atoms with Crippen LogP contribution in [0.25, 0.3) is 10.9 Å². The summed E-state index contributed by atoms with van der Waals surface area (Å²) < 4.78 is 0. The van der Waals surface area contributed by atoms with Crippen molar-refractivity contribution in [3.8, 4) is 0 Å². The van der Waals surface area contributed by atoms with E-state index >= 15 is 0 Å². The van der Waals surface area contributed by atoms with Gasteiger partial charge in [0.15, 0.2) is 0 Å². The van der Waals surface area contributed by atoms with Crippen LogP contribution in [0.4, 0.5) is 0 Å². The van der Waals surface area contributed by atoms with E-state index in [1.165, 1.54) is 6.07 Å². The van der Waals surface area contributed by atoms with Crippen molar-refractivity contribution in [3.63, 3.8) is 0 Å². The van der Waals surface area contributed by atoms with E-state index in [2.05, 4.69) is 21.0 Å². The molecule has 0 unspecified atom stereocenters. The Bertz CT molecular complexity index is 803. The fourth-order valence-electron chi connectivity index (χ4n) is 2.43. The van der Waals surface area contributed by atoms with Gasteiger partial charge in [0.25, 0.3) is 5.56 Å². The molecule has 3 aromatic rings. The normalized spacial score (nSPS) is 12.7. The average Bonchev–Trinajstić information content (AvgIpc) is 2.81. The lowest BCUT2D eigenvalue weighted by Gasteiger charge is -2.10. The number of H-pyrrole nitrogens is 2. The van der Waals surface area contributed by atoms with Crippen LogP contribution in [0.5, 0.6) is 0 Å². The Morgan fingerprint density at radius 1 is 1.35 bits per heavy atom. The minimum Gasteiger partial charge on any atom is -0.361 e. The van der Waals surface area contributed by atoms with Crippen LogP contribution in [0.15, 0.2) is 41.3 Å². The third-order valence-corrected chi connectivity index (χ3v) is 3.37. The van der Waals surface area contributed by atoms with Crippen molar-refractivity contribution < 1.29 is 0 Å². The monoisotopic (exact) mass is 268 g/mol. The maximum absolute atomic E-state index is 11.5. The van der Waals surface area contributed by atoms with Crippen molar-refractivity contribution in [2.24, 2.45) is 5.73 Å². The van der Waals surface area contributed by atoms with Gasteiger partial charge in [-0.3, -0.25) is 4.79 Å². The molecule has 5 heteroatoms. The molecule has 0 fully saturated rings. The second-order valence-electron chi connectivity index (χ2n) is 4.93. The van der Waals surface area contributed by atoms with Gasteiger partial charge in [0.05, 0.1) is 11.7 Å². The summed E-state index contributed by atoms with van der Waals surface area (Å²) in [6, 6.07) is 9.25. The van der Waals surface area contributed by atoms with Crippen LogP contribution in [-0.2, 0) is 6.42 Å². The zero-order valence-corrected chi connectivity index (χ0v) is 11.2. The number of benzene rings is 1. The van der Waals surface area contributed by atoms with Crippen LogP contribution in [0.1, 0.15) is 23.1 Å². The molecule has 2 heterocycles. The van der Waals surface area contributed by atoms with Crippen molar-refractivity contribution in [1.82, 2.24) is 15.0 Å². The fraction of sp³-hybridized carbons (Fsp3) is 0.200. The van der Waals surface area contributed by atoms with Crippen molar-refractivity contribution in [1.29, 1.82) is 0 Å². The lowest BCUT2D eigenvalue weighted by Crippen LogP contribution is -2.19. The molecule has 4 N–H and O–H groups in total. The third kappa shape index (κ3) is 2.35. The summed E-state index contributed by atoms with van der Waals surface area (Å²) in [7, 11) is 0. The van der Waals surface area contributed by atoms with E-state index in [1.54, 1.807) is 6.92 Å². The van der Waals surface area contributed by atoms with Gasteiger partial charge in [0.2, 0.25) is 0 Å². The van der Waals surface area contributed by atoms with E-state index < -0.39 is 0 Å². The summed E-state index contributed by atoms with van der Waals surface area (Å²) >= 11 is 0. The zero-order chi connectivity index (χ0) is 14.1. The number of nitrogens with one attached hydrogen (secondary N) is 2. The first kappa shape index (κ1) is 12.6. The van der Waals surface area contributed by atoms with Gasteiger partial charge in [-0.1, -0.05) is 18.2 Å². The number of rotatable bonds is 3. The molecule has 0 radical (unpaired) electrons. The molecule has 0 saturated carbocycles. The molecule has 3 rings (SSSR count). The maximum atomic E-state index is 11.5. The molecule has 1 aromatic carbocycles. The van der Waals surface area contributed by atoms with E-state index in [-0.39, 0.29) is 11.6 Å². The highest BCUT2D eigenvalue weighted by Crippen LogP contribution is 2.22. The van der Waals surface area contributed by atoms with Gasteiger partial charge in [0, 0.05) is 23.2 Å². The molecule has 1 atom stereocenters. The van der Waals surface area contributed by atoms with Crippen LogP contribution in [0.3, 0.4) is 0 Å². The molecule has 0 spiro atoms. The van der Waals surface area contributed by atoms with Crippen molar-refractivity contribution in [3.05, 3.63) is 64.0 Å². The molecule has 102 valence electrons. The smallest absolute Gasteiger partial charge is 0.251 e. The lowest BCUT2D eigenvalue weighted by molar-refractivity contribution is 0.688. The third-order valence-electron chi connectivity index (χ3n) is 3.37. The highest BCUT2D eigenvalue weighted by atomic mass is 16.1.